The minimum atomic E-state index is -4.62. The van der Waals surface area contributed by atoms with E-state index < -0.39 is 23.5 Å². The Bertz CT molecular complexity index is 482. The second kappa shape index (κ2) is 4.40. The van der Waals surface area contributed by atoms with E-state index >= 15 is 0 Å². The molecule has 0 amide bonds. The average Bonchev–Trinajstić information content (AvgIpc) is 2.50. The van der Waals surface area contributed by atoms with Gasteiger partial charge in [-0.15, -0.1) is 0 Å². The van der Waals surface area contributed by atoms with Gasteiger partial charge in [-0.1, -0.05) is 0 Å². The van der Waals surface area contributed by atoms with Crippen LogP contribution in [0.1, 0.15) is 22.3 Å². The van der Waals surface area contributed by atoms with Crippen LogP contribution in [0.5, 0.6) is 11.5 Å². The van der Waals surface area contributed by atoms with Gasteiger partial charge in [0, 0.05) is 6.42 Å². The second-order valence-electron chi connectivity index (χ2n) is 3.67. The second-order valence-corrected chi connectivity index (χ2v) is 3.67. The number of benzene rings is 1. The molecule has 0 saturated heterocycles. The first-order valence-corrected chi connectivity index (χ1v) is 5.14. The number of fused-ring (bicyclic) bond motifs is 1. The molecule has 0 aromatic heterocycles. The Morgan fingerprint density at radius 3 is 2.33 bits per heavy atom. The minimum Gasteiger partial charge on any atom is -0.489 e. The fourth-order valence-electron chi connectivity index (χ4n) is 1.65. The molecule has 1 aliphatic heterocycles. The third kappa shape index (κ3) is 2.20. The molecule has 1 aromatic rings. The van der Waals surface area contributed by atoms with Gasteiger partial charge in [0.1, 0.15) is 11.1 Å². The number of carboxylic acid groups (broad SMARTS) is 1. The van der Waals surface area contributed by atoms with Crippen molar-refractivity contribution in [3.05, 3.63) is 23.3 Å². The van der Waals surface area contributed by atoms with Gasteiger partial charge in [-0.25, -0.2) is 4.79 Å². The van der Waals surface area contributed by atoms with Gasteiger partial charge in [-0.3, -0.25) is 0 Å². The maximum Gasteiger partial charge on any atom is 0.420 e. The molecule has 18 heavy (non-hydrogen) atoms. The quantitative estimate of drug-likeness (QED) is 0.845. The first-order chi connectivity index (χ1) is 8.41. The van der Waals surface area contributed by atoms with E-state index in [4.69, 9.17) is 14.6 Å². The zero-order chi connectivity index (χ0) is 13.3. The first-order valence-electron chi connectivity index (χ1n) is 5.14. The Balaban J connectivity index is 2.63. The summed E-state index contributed by atoms with van der Waals surface area (Å²) in [5.74, 6) is -2.25. The number of carbonyl (C=O) groups is 1. The van der Waals surface area contributed by atoms with Crippen LogP contribution < -0.4 is 9.47 Å². The maximum atomic E-state index is 12.8. The number of aromatic carboxylic acids is 1. The normalized spacial score (nSPS) is 15.1. The summed E-state index contributed by atoms with van der Waals surface area (Å²) in [5, 5.41) is 8.91. The number of carboxylic acids is 1. The summed E-state index contributed by atoms with van der Waals surface area (Å²) in [7, 11) is 0. The van der Waals surface area contributed by atoms with Gasteiger partial charge in [-0.05, 0) is 12.1 Å². The van der Waals surface area contributed by atoms with Crippen molar-refractivity contribution in [2.45, 2.75) is 12.6 Å². The summed E-state index contributed by atoms with van der Waals surface area (Å²) in [5.41, 5.74) is -1.36. The zero-order valence-electron chi connectivity index (χ0n) is 9.08. The van der Waals surface area contributed by atoms with Crippen LogP contribution in [0.15, 0.2) is 12.1 Å². The maximum absolute atomic E-state index is 12.8. The average molecular weight is 262 g/mol. The highest BCUT2D eigenvalue weighted by atomic mass is 19.4. The first kappa shape index (κ1) is 12.5. The topological polar surface area (TPSA) is 55.8 Å². The molecule has 1 aromatic carbocycles. The Morgan fingerprint density at radius 2 is 1.78 bits per heavy atom. The van der Waals surface area contributed by atoms with Crippen LogP contribution in [-0.4, -0.2) is 24.3 Å². The predicted octanol–water partition coefficient (Wildman–Crippen LogP) is 2.56. The summed E-state index contributed by atoms with van der Waals surface area (Å²) in [6, 6.07) is 1.57. The molecule has 0 atom stereocenters. The van der Waals surface area contributed by atoms with Crippen molar-refractivity contribution in [1.29, 1.82) is 0 Å². The Labute approximate surface area is 99.9 Å². The summed E-state index contributed by atoms with van der Waals surface area (Å²) < 4.78 is 48.3. The van der Waals surface area contributed by atoms with Gasteiger partial charge in [0.15, 0.2) is 11.5 Å². The lowest BCUT2D eigenvalue weighted by molar-refractivity contribution is -0.139. The van der Waals surface area contributed by atoms with Crippen LogP contribution in [0.2, 0.25) is 0 Å². The lowest BCUT2D eigenvalue weighted by atomic mass is 10.1. The van der Waals surface area contributed by atoms with Crippen molar-refractivity contribution in [3.8, 4) is 11.5 Å². The fraction of sp³-hybridized carbons (Fsp3) is 0.364. The fourth-order valence-corrected chi connectivity index (χ4v) is 1.65. The molecule has 0 unspecified atom stereocenters. The molecule has 0 fully saturated rings. The smallest absolute Gasteiger partial charge is 0.420 e. The number of rotatable bonds is 1. The summed E-state index contributed by atoms with van der Waals surface area (Å²) in [4.78, 5) is 10.9. The molecule has 1 heterocycles. The molecule has 7 heteroatoms. The molecule has 98 valence electrons. The number of halogens is 3. The molecule has 0 bridgehead atoms. The molecule has 0 saturated carbocycles. The standard InChI is InChI=1S/C11H9F3O4/c12-11(13,14)7-3-2-6(10(15)16)8-9(7)18-5-1-4-17-8/h2-3H,1,4-5H2,(H,15,16). The van der Waals surface area contributed by atoms with E-state index in [2.05, 4.69) is 0 Å². The van der Waals surface area contributed by atoms with Crippen LogP contribution in [0.4, 0.5) is 13.2 Å². The van der Waals surface area contributed by atoms with E-state index in [9.17, 15) is 18.0 Å². The highest BCUT2D eigenvalue weighted by Crippen LogP contribution is 2.44. The predicted molar refractivity (Wildman–Crippen MR) is 54.0 cm³/mol. The van der Waals surface area contributed by atoms with E-state index in [1.54, 1.807) is 0 Å². The van der Waals surface area contributed by atoms with Crippen LogP contribution >= 0.6 is 0 Å². The van der Waals surface area contributed by atoms with E-state index in [0.29, 0.717) is 12.5 Å². The minimum absolute atomic E-state index is 0.0547. The van der Waals surface area contributed by atoms with Crippen molar-refractivity contribution in [2.24, 2.45) is 0 Å². The van der Waals surface area contributed by atoms with Gasteiger partial charge in [0.25, 0.3) is 0 Å². The summed E-state index contributed by atoms with van der Waals surface area (Å²) in [6.45, 7) is 0.174. The van der Waals surface area contributed by atoms with Gasteiger partial charge in [0.05, 0.1) is 13.2 Å². The number of hydrogen-bond acceptors (Lipinski definition) is 3. The monoisotopic (exact) mass is 262 g/mol. The molecule has 2 rings (SSSR count). The van der Waals surface area contributed by atoms with Crippen LogP contribution in [-0.2, 0) is 6.18 Å². The molecule has 0 spiro atoms. The summed E-state index contributed by atoms with van der Waals surface area (Å²) >= 11 is 0. The lowest BCUT2D eigenvalue weighted by Gasteiger charge is -2.16. The third-order valence-corrected chi connectivity index (χ3v) is 2.43. The van der Waals surface area contributed by atoms with Crippen molar-refractivity contribution in [2.75, 3.05) is 13.2 Å². The van der Waals surface area contributed by atoms with Crippen molar-refractivity contribution >= 4 is 5.97 Å². The molecular formula is C11H9F3O4. The molecular weight excluding hydrogens is 253 g/mol. The Morgan fingerprint density at radius 1 is 1.17 bits per heavy atom. The molecule has 0 radical (unpaired) electrons. The lowest BCUT2D eigenvalue weighted by Crippen LogP contribution is -2.11. The number of alkyl halides is 3. The third-order valence-electron chi connectivity index (χ3n) is 2.43. The largest absolute Gasteiger partial charge is 0.489 e. The van der Waals surface area contributed by atoms with Gasteiger partial charge < -0.3 is 14.6 Å². The highest BCUT2D eigenvalue weighted by molar-refractivity contribution is 5.92. The SMILES string of the molecule is O=C(O)c1ccc(C(F)(F)F)c2c1OCCCO2. The number of hydrogen-bond donors (Lipinski definition) is 1. The Kier molecular flexibility index (Phi) is 3.06. The molecule has 1 N–H and O–H groups in total. The summed E-state index contributed by atoms with van der Waals surface area (Å²) in [6.07, 6.45) is -4.22. The van der Waals surface area contributed by atoms with Gasteiger partial charge in [0.2, 0.25) is 0 Å². The van der Waals surface area contributed by atoms with Crippen LogP contribution in [0.25, 0.3) is 0 Å². The Hall–Kier alpha value is -1.92. The van der Waals surface area contributed by atoms with Crippen LogP contribution in [0, 0.1) is 0 Å². The van der Waals surface area contributed by atoms with E-state index in [-0.39, 0.29) is 24.5 Å². The van der Waals surface area contributed by atoms with E-state index in [1.807, 2.05) is 0 Å². The number of ether oxygens (including phenoxy) is 2. The van der Waals surface area contributed by atoms with E-state index in [1.165, 1.54) is 0 Å². The van der Waals surface area contributed by atoms with E-state index in [0.717, 1.165) is 6.07 Å². The molecule has 4 nitrogen and oxygen atoms in total. The van der Waals surface area contributed by atoms with Crippen LogP contribution in [0.3, 0.4) is 0 Å². The highest BCUT2D eigenvalue weighted by Gasteiger charge is 2.38. The van der Waals surface area contributed by atoms with Gasteiger partial charge >= 0.3 is 12.1 Å². The van der Waals surface area contributed by atoms with Crippen molar-refractivity contribution < 1.29 is 32.5 Å². The van der Waals surface area contributed by atoms with Crippen molar-refractivity contribution in [1.82, 2.24) is 0 Å². The zero-order valence-corrected chi connectivity index (χ0v) is 9.08. The molecule has 1 aliphatic rings. The molecule has 0 aliphatic carbocycles. The van der Waals surface area contributed by atoms with Crippen molar-refractivity contribution in [3.63, 3.8) is 0 Å². The van der Waals surface area contributed by atoms with Gasteiger partial charge in [-0.2, -0.15) is 13.2 Å².